The molecule has 0 saturated carbocycles. The lowest BCUT2D eigenvalue weighted by Gasteiger charge is -2.28. The molecule has 10 heteroatoms. The number of nitrogens with one attached hydrogen (secondary N) is 4. The summed E-state index contributed by atoms with van der Waals surface area (Å²) in [4.78, 5) is 59.5. The van der Waals surface area contributed by atoms with Crippen LogP contribution in [-0.4, -0.2) is 71.1 Å². The molecule has 1 aliphatic rings. The van der Waals surface area contributed by atoms with E-state index < -0.39 is 12.1 Å². The number of hydrogen-bond donors (Lipinski definition) is 4. The highest BCUT2D eigenvalue weighted by Crippen LogP contribution is 2.29. The van der Waals surface area contributed by atoms with E-state index in [1.54, 1.807) is 16.8 Å². The molecule has 4 amide bonds. The minimum absolute atomic E-state index is 0.0125. The van der Waals surface area contributed by atoms with Gasteiger partial charge in [-0.15, -0.1) is 0 Å². The number of rotatable bonds is 13. The number of hydrogen-bond acceptors (Lipinski definition) is 5. The summed E-state index contributed by atoms with van der Waals surface area (Å²) in [6, 6.07) is 33.3. The smallest absolute Gasteiger partial charge is 0.247 e. The normalized spacial score (nSPS) is 14.6. The fourth-order valence-electron chi connectivity index (χ4n) is 6.69. The molecule has 0 radical (unpaired) electrons. The predicted molar refractivity (Wildman–Crippen MR) is 201 cm³/mol. The number of aromatic amines is 1. The number of anilines is 2. The van der Waals surface area contributed by atoms with Crippen LogP contribution in [0.5, 0.6) is 0 Å². The van der Waals surface area contributed by atoms with Crippen molar-refractivity contribution in [3.05, 3.63) is 120 Å². The van der Waals surface area contributed by atoms with Crippen molar-refractivity contribution in [2.24, 2.45) is 0 Å². The highest BCUT2D eigenvalue weighted by atomic mass is 16.2. The van der Waals surface area contributed by atoms with Gasteiger partial charge in [-0.3, -0.25) is 19.2 Å². The number of H-pyrrole nitrogens is 1. The summed E-state index contributed by atoms with van der Waals surface area (Å²) in [5.41, 5.74) is 5.81. The molecule has 4 aromatic carbocycles. The third-order valence-corrected chi connectivity index (χ3v) is 9.25. The van der Waals surface area contributed by atoms with Gasteiger partial charge in [-0.2, -0.15) is 0 Å². The van der Waals surface area contributed by atoms with Crippen LogP contribution in [0.2, 0.25) is 0 Å². The molecule has 5 aromatic rings. The molecule has 51 heavy (non-hydrogen) atoms. The average Bonchev–Trinajstić information content (AvgIpc) is 3.81. The second-order valence-electron chi connectivity index (χ2n) is 12.9. The van der Waals surface area contributed by atoms with Gasteiger partial charge >= 0.3 is 0 Å². The van der Waals surface area contributed by atoms with Crippen molar-refractivity contribution in [1.82, 2.24) is 20.1 Å². The zero-order chi connectivity index (χ0) is 35.7. The first-order valence-corrected chi connectivity index (χ1v) is 17.5. The first-order chi connectivity index (χ1) is 24.8. The van der Waals surface area contributed by atoms with Crippen molar-refractivity contribution >= 4 is 45.9 Å². The highest BCUT2D eigenvalue weighted by molar-refractivity contribution is 6.00. The summed E-state index contributed by atoms with van der Waals surface area (Å²) in [7, 11) is 1.76. The third kappa shape index (κ3) is 8.53. The molecule has 6 rings (SSSR count). The number of likely N-dealkylation sites (N-methyl/N-ethyl adjacent to an activating group) is 1. The van der Waals surface area contributed by atoms with Gasteiger partial charge in [0.2, 0.25) is 23.6 Å². The van der Waals surface area contributed by atoms with Gasteiger partial charge in [-0.05, 0) is 79.4 Å². The Hall–Kier alpha value is -5.74. The number of fused-ring (bicyclic) bond motifs is 1. The summed E-state index contributed by atoms with van der Waals surface area (Å²) in [6.07, 6.45) is 2.39. The molecule has 2 atom stereocenters. The zero-order valence-electron chi connectivity index (χ0n) is 29.0. The first-order valence-electron chi connectivity index (χ1n) is 17.5. The molecule has 2 heterocycles. The van der Waals surface area contributed by atoms with E-state index in [2.05, 4.69) is 20.9 Å². The van der Waals surface area contributed by atoms with Crippen LogP contribution in [-0.2, 0) is 25.6 Å². The van der Waals surface area contributed by atoms with Crippen LogP contribution in [0.15, 0.2) is 109 Å². The fourth-order valence-corrected chi connectivity index (χ4v) is 6.69. The summed E-state index contributed by atoms with van der Waals surface area (Å²) in [5, 5.41) is 10.0. The minimum atomic E-state index is -0.543. The number of benzene rings is 4. The van der Waals surface area contributed by atoms with Gasteiger partial charge in [0.1, 0.15) is 12.1 Å². The molecule has 1 saturated heterocycles. The number of nitrogens with zero attached hydrogens (tertiary/aromatic N) is 2. The number of aromatic nitrogens is 1. The van der Waals surface area contributed by atoms with Crippen molar-refractivity contribution in [2.45, 2.75) is 44.7 Å². The Morgan fingerprint density at radius 2 is 1.57 bits per heavy atom. The summed E-state index contributed by atoms with van der Waals surface area (Å²) >= 11 is 0. The second-order valence-corrected chi connectivity index (χ2v) is 12.9. The van der Waals surface area contributed by atoms with Crippen LogP contribution in [0.4, 0.5) is 11.4 Å². The molecule has 0 unspecified atom stereocenters. The molecule has 0 bridgehead atoms. The number of carbonyl (C=O) groups is 4. The lowest BCUT2D eigenvalue weighted by molar-refractivity contribution is -0.138. The van der Waals surface area contributed by atoms with Crippen molar-refractivity contribution in [2.75, 3.05) is 37.3 Å². The highest BCUT2D eigenvalue weighted by Gasteiger charge is 2.37. The molecular weight excluding hydrogens is 640 g/mol. The molecule has 1 fully saturated rings. The summed E-state index contributed by atoms with van der Waals surface area (Å²) in [6.45, 7) is 3.02. The van der Waals surface area contributed by atoms with E-state index >= 15 is 0 Å². The van der Waals surface area contributed by atoms with E-state index in [1.807, 2.05) is 116 Å². The topological polar surface area (TPSA) is 127 Å². The van der Waals surface area contributed by atoms with Crippen LogP contribution in [0.25, 0.3) is 22.2 Å². The van der Waals surface area contributed by atoms with E-state index in [0.29, 0.717) is 30.9 Å². The molecule has 0 aliphatic carbocycles. The molecule has 1 aromatic heterocycles. The SMILES string of the molecule is CCCN(CC(=O)Nc1ccc(-c2cc3cc(NC(=O)[C@@H]4CCCN4C(=O)[C@H](NC)c4ccccc4)ccc3[nH]2)cc1)C(=O)Cc1ccccc1. The molecule has 0 spiro atoms. The van der Waals surface area contributed by atoms with E-state index in [-0.39, 0.29) is 36.6 Å². The fraction of sp³-hybridized carbons (Fsp3) is 0.268. The number of likely N-dealkylation sites (tertiary alicyclic amines) is 1. The van der Waals surface area contributed by atoms with Crippen LogP contribution >= 0.6 is 0 Å². The Morgan fingerprint density at radius 3 is 2.27 bits per heavy atom. The van der Waals surface area contributed by atoms with Crippen LogP contribution in [0.3, 0.4) is 0 Å². The van der Waals surface area contributed by atoms with E-state index in [0.717, 1.165) is 46.1 Å². The van der Waals surface area contributed by atoms with Gasteiger partial charge < -0.3 is 30.7 Å². The van der Waals surface area contributed by atoms with Gasteiger partial charge in [-0.1, -0.05) is 79.7 Å². The lowest BCUT2D eigenvalue weighted by Crippen LogP contribution is -2.47. The zero-order valence-corrected chi connectivity index (χ0v) is 29.0. The van der Waals surface area contributed by atoms with Gasteiger partial charge in [0, 0.05) is 41.1 Å². The summed E-state index contributed by atoms with van der Waals surface area (Å²) < 4.78 is 0. The van der Waals surface area contributed by atoms with Crippen molar-refractivity contribution in [3.63, 3.8) is 0 Å². The van der Waals surface area contributed by atoms with Gasteiger partial charge in [0.05, 0.1) is 13.0 Å². The van der Waals surface area contributed by atoms with E-state index in [9.17, 15) is 19.2 Å². The maximum atomic E-state index is 13.5. The monoisotopic (exact) mass is 684 g/mol. The molecule has 1 aliphatic heterocycles. The molecule has 10 nitrogen and oxygen atoms in total. The summed E-state index contributed by atoms with van der Waals surface area (Å²) in [5.74, 6) is -0.631. The molecular formula is C41H44N6O4. The quantitative estimate of drug-likeness (QED) is 0.119. The Bertz CT molecular complexity index is 1980. The molecule has 262 valence electrons. The largest absolute Gasteiger partial charge is 0.355 e. The van der Waals surface area contributed by atoms with Gasteiger partial charge in [0.25, 0.3) is 0 Å². The third-order valence-electron chi connectivity index (χ3n) is 9.25. The van der Waals surface area contributed by atoms with Crippen molar-refractivity contribution in [3.8, 4) is 11.3 Å². The average molecular weight is 685 g/mol. The Morgan fingerprint density at radius 1 is 0.863 bits per heavy atom. The Balaban J connectivity index is 1.07. The predicted octanol–water partition coefficient (Wildman–Crippen LogP) is 6.14. The number of carbonyl (C=O) groups excluding carboxylic acids is 4. The van der Waals surface area contributed by atoms with Crippen LogP contribution < -0.4 is 16.0 Å². The van der Waals surface area contributed by atoms with Crippen LogP contribution in [0, 0.1) is 0 Å². The van der Waals surface area contributed by atoms with Gasteiger partial charge in [-0.25, -0.2) is 0 Å². The van der Waals surface area contributed by atoms with E-state index in [1.165, 1.54) is 0 Å². The standard InChI is InChI=1S/C41H44N6O4/c1-3-22-46(38(49)24-28-11-6-4-7-12-28)27-37(48)43-32-18-16-29(17-19-32)35-26-31-25-33(20-21-34(31)45-35)44-40(50)36-15-10-23-47(36)41(51)39(42-2)30-13-8-5-9-14-30/h4-9,11-14,16-21,25-26,36,39,42,45H,3,10,15,22-24,27H2,1-2H3,(H,43,48)(H,44,50)/t36-,39+/m0/s1. The maximum Gasteiger partial charge on any atom is 0.247 e. The second kappa shape index (κ2) is 16.3. The lowest BCUT2D eigenvalue weighted by atomic mass is 10.1. The van der Waals surface area contributed by atoms with Crippen LogP contribution in [0.1, 0.15) is 43.4 Å². The van der Waals surface area contributed by atoms with Gasteiger partial charge in [0.15, 0.2) is 0 Å². The Kier molecular flexibility index (Phi) is 11.2. The minimum Gasteiger partial charge on any atom is -0.355 e. The van der Waals surface area contributed by atoms with Crippen molar-refractivity contribution < 1.29 is 19.2 Å². The van der Waals surface area contributed by atoms with E-state index in [4.69, 9.17) is 0 Å². The maximum absolute atomic E-state index is 13.5. The Labute approximate surface area is 298 Å². The first kappa shape index (κ1) is 35.1. The molecule has 4 N–H and O–H groups in total. The number of amides is 4. The van der Waals surface area contributed by atoms with Crippen molar-refractivity contribution in [1.29, 1.82) is 0 Å².